The molecule has 1 heterocycles. The van der Waals surface area contributed by atoms with Crippen LogP contribution in [0.15, 0.2) is 12.4 Å². The van der Waals surface area contributed by atoms with E-state index in [0.717, 1.165) is 11.4 Å². The molecule has 0 aromatic carbocycles. The van der Waals surface area contributed by atoms with Gasteiger partial charge < -0.3 is 10.7 Å². The topological polar surface area (TPSA) is 54.7 Å². The summed E-state index contributed by atoms with van der Waals surface area (Å²) in [7, 11) is 0. The summed E-state index contributed by atoms with van der Waals surface area (Å²) in [6, 6.07) is 0. The van der Waals surface area contributed by atoms with Gasteiger partial charge in [-0.1, -0.05) is 6.08 Å². The van der Waals surface area contributed by atoms with Gasteiger partial charge in [-0.3, -0.25) is 0 Å². The van der Waals surface area contributed by atoms with Crippen molar-refractivity contribution < 1.29 is 0 Å². The molecule has 0 aliphatic rings. The quantitative estimate of drug-likeness (QED) is 0.630. The SMILES string of the molecule is Cc1[nH]cnc1/C=C/CN. The Morgan fingerprint density at radius 1 is 1.80 bits per heavy atom. The van der Waals surface area contributed by atoms with E-state index in [4.69, 9.17) is 5.73 Å². The summed E-state index contributed by atoms with van der Waals surface area (Å²) in [5.41, 5.74) is 7.31. The molecule has 0 saturated heterocycles. The van der Waals surface area contributed by atoms with Crippen molar-refractivity contribution in [2.75, 3.05) is 6.54 Å². The molecule has 54 valence electrons. The Morgan fingerprint density at radius 3 is 3.10 bits per heavy atom. The van der Waals surface area contributed by atoms with E-state index in [1.807, 2.05) is 19.1 Å². The summed E-state index contributed by atoms with van der Waals surface area (Å²) in [6.45, 7) is 2.54. The zero-order chi connectivity index (χ0) is 7.40. The number of hydrogen-bond acceptors (Lipinski definition) is 2. The Morgan fingerprint density at radius 2 is 2.60 bits per heavy atom. The minimum Gasteiger partial charge on any atom is -0.348 e. The molecule has 0 radical (unpaired) electrons. The number of nitrogens with one attached hydrogen (secondary N) is 1. The van der Waals surface area contributed by atoms with Crippen LogP contribution in [0.5, 0.6) is 0 Å². The standard InChI is InChI=1S/C7H11N3/c1-6-7(3-2-4-8)10-5-9-6/h2-3,5H,4,8H2,1H3,(H,9,10)/b3-2+. The van der Waals surface area contributed by atoms with E-state index >= 15 is 0 Å². The van der Waals surface area contributed by atoms with Gasteiger partial charge in [0, 0.05) is 12.2 Å². The minimum atomic E-state index is 0.562. The van der Waals surface area contributed by atoms with Gasteiger partial charge in [-0.05, 0) is 13.0 Å². The van der Waals surface area contributed by atoms with Crippen LogP contribution in [-0.2, 0) is 0 Å². The van der Waals surface area contributed by atoms with Crippen LogP contribution < -0.4 is 5.73 Å². The second kappa shape index (κ2) is 3.17. The average molecular weight is 137 g/mol. The maximum absolute atomic E-state index is 5.27. The Bertz CT molecular complexity index is 225. The van der Waals surface area contributed by atoms with Crippen molar-refractivity contribution in [1.29, 1.82) is 0 Å². The van der Waals surface area contributed by atoms with Gasteiger partial charge in [-0.25, -0.2) is 4.98 Å². The zero-order valence-electron chi connectivity index (χ0n) is 5.96. The molecular formula is C7H11N3. The fourth-order valence-corrected chi connectivity index (χ4v) is 0.717. The number of aromatic nitrogens is 2. The summed E-state index contributed by atoms with van der Waals surface area (Å²) >= 11 is 0. The van der Waals surface area contributed by atoms with Crippen molar-refractivity contribution >= 4 is 6.08 Å². The lowest BCUT2D eigenvalue weighted by Crippen LogP contribution is -1.92. The second-order valence-electron chi connectivity index (χ2n) is 2.05. The van der Waals surface area contributed by atoms with E-state index in [-0.39, 0.29) is 0 Å². The third-order valence-corrected chi connectivity index (χ3v) is 1.28. The maximum Gasteiger partial charge on any atom is 0.0929 e. The molecule has 0 unspecified atom stereocenters. The van der Waals surface area contributed by atoms with Crippen LogP contribution in [-0.4, -0.2) is 16.5 Å². The summed E-state index contributed by atoms with van der Waals surface area (Å²) in [5.74, 6) is 0. The first kappa shape index (κ1) is 7.02. The molecule has 3 nitrogen and oxygen atoms in total. The van der Waals surface area contributed by atoms with Crippen LogP contribution in [0.3, 0.4) is 0 Å². The van der Waals surface area contributed by atoms with Crippen LogP contribution in [0.25, 0.3) is 6.08 Å². The molecule has 0 spiro atoms. The molecule has 0 aliphatic heterocycles. The van der Waals surface area contributed by atoms with Crippen LogP contribution >= 0.6 is 0 Å². The summed E-state index contributed by atoms with van der Waals surface area (Å²) in [6.07, 6.45) is 5.46. The van der Waals surface area contributed by atoms with E-state index in [1.54, 1.807) is 6.33 Å². The number of aromatic amines is 1. The molecule has 0 aliphatic carbocycles. The predicted molar refractivity (Wildman–Crippen MR) is 41.4 cm³/mol. The zero-order valence-corrected chi connectivity index (χ0v) is 5.96. The highest BCUT2D eigenvalue weighted by molar-refractivity contribution is 5.46. The molecule has 3 heteroatoms. The molecule has 1 aromatic heterocycles. The Hall–Kier alpha value is -1.09. The van der Waals surface area contributed by atoms with Gasteiger partial charge in [0.1, 0.15) is 0 Å². The van der Waals surface area contributed by atoms with Gasteiger partial charge >= 0.3 is 0 Å². The first-order valence-corrected chi connectivity index (χ1v) is 3.21. The number of rotatable bonds is 2. The molecule has 0 atom stereocenters. The Kier molecular flexibility index (Phi) is 2.23. The highest BCUT2D eigenvalue weighted by Gasteiger charge is 1.92. The first-order chi connectivity index (χ1) is 4.84. The van der Waals surface area contributed by atoms with Gasteiger partial charge in [-0.15, -0.1) is 0 Å². The average Bonchev–Trinajstić information content (AvgIpc) is 2.31. The van der Waals surface area contributed by atoms with Crippen molar-refractivity contribution in [3.8, 4) is 0 Å². The lowest BCUT2D eigenvalue weighted by molar-refractivity contribution is 1.25. The molecule has 1 rings (SSSR count). The normalized spacial score (nSPS) is 11.0. The summed E-state index contributed by atoms with van der Waals surface area (Å²) in [5, 5.41) is 0. The molecule has 3 N–H and O–H groups in total. The molecule has 0 bridgehead atoms. The first-order valence-electron chi connectivity index (χ1n) is 3.21. The van der Waals surface area contributed by atoms with E-state index in [9.17, 15) is 0 Å². The molecule has 10 heavy (non-hydrogen) atoms. The van der Waals surface area contributed by atoms with Crippen molar-refractivity contribution in [2.24, 2.45) is 5.73 Å². The van der Waals surface area contributed by atoms with Gasteiger partial charge in [0.2, 0.25) is 0 Å². The molecule has 0 amide bonds. The lowest BCUT2D eigenvalue weighted by atomic mass is 10.3. The fraction of sp³-hybridized carbons (Fsp3) is 0.286. The Balaban J connectivity index is 2.74. The highest BCUT2D eigenvalue weighted by atomic mass is 14.9. The van der Waals surface area contributed by atoms with Crippen molar-refractivity contribution in [1.82, 2.24) is 9.97 Å². The van der Waals surface area contributed by atoms with Gasteiger partial charge in [0.25, 0.3) is 0 Å². The van der Waals surface area contributed by atoms with Gasteiger partial charge in [0.15, 0.2) is 0 Å². The molecular weight excluding hydrogens is 126 g/mol. The van der Waals surface area contributed by atoms with E-state index in [2.05, 4.69) is 9.97 Å². The predicted octanol–water partition coefficient (Wildman–Crippen LogP) is 0.690. The smallest absolute Gasteiger partial charge is 0.0929 e. The largest absolute Gasteiger partial charge is 0.348 e. The van der Waals surface area contributed by atoms with Crippen LogP contribution in [0, 0.1) is 6.92 Å². The van der Waals surface area contributed by atoms with Crippen molar-refractivity contribution in [2.45, 2.75) is 6.92 Å². The number of hydrogen-bond donors (Lipinski definition) is 2. The number of imidazole rings is 1. The van der Waals surface area contributed by atoms with Gasteiger partial charge in [0.05, 0.1) is 12.0 Å². The Labute approximate surface area is 60.0 Å². The lowest BCUT2D eigenvalue weighted by Gasteiger charge is -1.85. The molecule has 0 saturated carbocycles. The number of H-pyrrole nitrogens is 1. The van der Waals surface area contributed by atoms with Crippen LogP contribution in [0.1, 0.15) is 11.4 Å². The number of nitrogens with two attached hydrogens (primary N) is 1. The highest BCUT2D eigenvalue weighted by Crippen LogP contribution is 2.01. The van der Waals surface area contributed by atoms with E-state index < -0.39 is 0 Å². The number of nitrogens with zero attached hydrogens (tertiary/aromatic N) is 1. The second-order valence-corrected chi connectivity index (χ2v) is 2.05. The maximum atomic E-state index is 5.27. The monoisotopic (exact) mass is 137 g/mol. The van der Waals surface area contributed by atoms with Crippen LogP contribution in [0.2, 0.25) is 0 Å². The summed E-state index contributed by atoms with van der Waals surface area (Å²) in [4.78, 5) is 7.03. The number of aryl methyl sites for hydroxylation is 1. The molecule has 0 fully saturated rings. The van der Waals surface area contributed by atoms with Crippen LogP contribution in [0.4, 0.5) is 0 Å². The minimum absolute atomic E-state index is 0.562. The van der Waals surface area contributed by atoms with Crippen molar-refractivity contribution in [3.05, 3.63) is 23.8 Å². The third-order valence-electron chi connectivity index (χ3n) is 1.28. The fourth-order valence-electron chi connectivity index (χ4n) is 0.717. The van der Waals surface area contributed by atoms with E-state index in [1.165, 1.54) is 0 Å². The van der Waals surface area contributed by atoms with Gasteiger partial charge in [-0.2, -0.15) is 0 Å². The van der Waals surface area contributed by atoms with E-state index in [0.29, 0.717) is 6.54 Å². The molecule has 1 aromatic rings. The summed E-state index contributed by atoms with van der Waals surface area (Å²) < 4.78 is 0. The third kappa shape index (κ3) is 1.45. The van der Waals surface area contributed by atoms with Crippen molar-refractivity contribution in [3.63, 3.8) is 0 Å².